The number of methoxy groups -OCH3 is 1. The van der Waals surface area contributed by atoms with Gasteiger partial charge in [0.15, 0.2) is 16.7 Å². The molecule has 0 saturated carbocycles. The smallest absolute Gasteiger partial charge is 0.331 e. The van der Waals surface area contributed by atoms with Crippen molar-refractivity contribution in [1.29, 1.82) is 0 Å². The largest absolute Gasteiger partial charge is 0.486 e. The molecule has 0 spiro atoms. The van der Waals surface area contributed by atoms with E-state index in [0.717, 1.165) is 23.4 Å². The molecule has 2 heterocycles. The first kappa shape index (κ1) is 16.1. The number of ether oxygens (including phenoxy) is 3. The monoisotopic (exact) mass is 347 g/mol. The Morgan fingerprint density at radius 1 is 1.33 bits per heavy atom. The van der Waals surface area contributed by atoms with Crippen LogP contribution in [0.25, 0.3) is 0 Å². The van der Waals surface area contributed by atoms with Crippen LogP contribution in [0, 0.1) is 0 Å². The summed E-state index contributed by atoms with van der Waals surface area (Å²) in [7, 11) is 1.24. The number of thioether (sulfide) groups is 1. The molecule has 1 aromatic carbocycles. The average molecular weight is 347 g/mol. The third kappa shape index (κ3) is 3.74. The van der Waals surface area contributed by atoms with Gasteiger partial charge in [0.25, 0.3) is 5.91 Å². The van der Waals surface area contributed by atoms with Crippen LogP contribution in [0.4, 0.5) is 0 Å². The summed E-state index contributed by atoms with van der Waals surface area (Å²) in [4.78, 5) is 23.0. The first-order valence-corrected chi connectivity index (χ1v) is 7.77. The minimum atomic E-state index is -0.603. The van der Waals surface area contributed by atoms with E-state index in [1.54, 1.807) is 12.1 Å². The van der Waals surface area contributed by atoms with E-state index in [9.17, 15) is 9.59 Å². The summed E-state index contributed by atoms with van der Waals surface area (Å²) in [5.74, 6) is 0.331. The molecule has 0 radical (unpaired) electrons. The lowest BCUT2D eigenvalue weighted by molar-refractivity contribution is -0.135. The van der Waals surface area contributed by atoms with Gasteiger partial charge in [0, 0.05) is 6.08 Å². The number of carbonyl (C=O) groups excluding carboxylic acids is 2. The molecule has 0 atom stereocenters. The Balaban J connectivity index is 1.68. The highest BCUT2D eigenvalue weighted by atomic mass is 32.2. The van der Waals surface area contributed by atoms with Gasteiger partial charge in [-0.15, -0.1) is 5.10 Å². The fraction of sp³-hybridized carbons (Fsp3) is 0.200. The Bertz CT molecular complexity index is 772. The van der Waals surface area contributed by atoms with Gasteiger partial charge in [0.05, 0.1) is 18.2 Å². The zero-order valence-corrected chi connectivity index (χ0v) is 13.5. The second-order valence-corrected chi connectivity index (χ2v) is 5.67. The Kier molecular flexibility index (Phi) is 4.80. The standard InChI is InChI=1S/C15H13N3O5S/c1-21-13(19)7-12-14(20)17-15(24-12)18-16-8-9-2-3-10-11(6-9)23-5-4-22-10/h2-3,6-8H,4-5H2,1H3,(H,17,18,20)/b12-7+,16-8?. The number of rotatable bonds is 3. The zero-order valence-electron chi connectivity index (χ0n) is 12.6. The molecule has 0 aliphatic carbocycles. The first-order chi connectivity index (χ1) is 11.7. The van der Waals surface area contributed by atoms with Crippen molar-refractivity contribution in [3.63, 3.8) is 0 Å². The number of nitrogens with zero attached hydrogens (tertiary/aromatic N) is 2. The van der Waals surface area contributed by atoms with Crippen molar-refractivity contribution >= 4 is 35.0 Å². The lowest BCUT2D eigenvalue weighted by Gasteiger charge is -2.18. The van der Waals surface area contributed by atoms with Crippen LogP contribution < -0.4 is 14.8 Å². The summed E-state index contributed by atoms with van der Waals surface area (Å²) >= 11 is 1.01. The SMILES string of the molecule is COC(=O)/C=C1/S/C(=N\N=Cc2ccc3c(c2)OCCO3)NC1=O. The topological polar surface area (TPSA) is 98.6 Å². The van der Waals surface area contributed by atoms with E-state index in [2.05, 4.69) is 20.3 Å². The molecule has 1 saturated heterocycles. The Morgan fingerprint density at radius 2 is 2.12 bits per heavy atom. The molecule has 0 aromatic heterocycles. The summed E-state index contributed by atoms with van der Waals surface area (Å²) in [6.07, 6.45) is 2.63. The Hall–Kier alpha value is -2.81. The predicted octanol–water partition coefficient (Wildman–Crippen LogP) is 1.07. The van der Waals surface area contributed by atoms with Gasteiger partial charge in [-0.2, -0.15) is 5.10 Å². The number of benzene rings is 1. The summed E-state index contributed by atoms with van der Waals surface area (Å²) in [5.41, 5.74) is 0.781. The van der Waals surface area contributed by atoms with Crippen LogP contribution in [0.2, 0.25) is 0 Å². The molecule has 8 nitrogen and oxygen atoms in total. The molecule has 124 valence electrons. The van der Waals surface area contributed by atoms with E-state index in [1.807, 2.05) is 6.07 Å². The Morgan fingerprint density at radius 3 is 2.92 bits per heavy atom. The molecule has 24 heavy (non-hydrogen) atoms. The van der Waals surface area contributed by atoms with Crippen molar-refractivity contribution in [2.24, 2.45) is 10.2 Å². The highest BCUT2D eigenvalue weighted by Crippen LogP contribution is 2.30. The fourth-order valence-corrected chi connectivity index (χ4v) is 2.67. The number of carbonyl (C=O) groups is 2. The van der Waals surface area contributed by atoms with Crippen LogP contribution in [-0.4, -0.2) is 43.6 Å². The van der Waals surface area contributed by atoms with Gasteiger partial charge < -0.3 is 14.2 Å². The van der Waals surface area contributed by atoms with E-state index >= 15 is 0 Å². The summed E-state index contributed by atoms with van der Waals surface area (Å²) in [6, 6.07) is 5.41. The predicted molar refractivity (Wildman–Crippen MR) is 88.3 cm³/mol. The van der Waals surface area contributed by atoms with E-state index in [4.69, 9.17) is 9.47 Å². The minimum absolute atomic E-state index is 0.204. The van der Waals surface area contributed by atoms with Gasteiger partial charge in [0.2, 0.25) is 0 Å². The van der Waals surface area contributed by atoms with Crippen molar-refractivity contribution in [3.8, 4) is 11.5 Å². The third-order valence-corrected chi connectivity index (χ3v) is 3.92. The van der Waals surface area contributed by atoms with Gasteiger partial charge in [-0.3, -0.25) is 10.1 Å². The fourth-order valence-electron chi connectivity index (χ4n) is 1.93. The maximum atomic E-state index is 11.7. The van der Waals surface area contributed by atoms with Gasteiger partial charge in [0.1, 0.15) is 13.2 Å². The normalized spacial score (nSPS) is 19.8. The van der Waals surface area contributed by atoms with E-state index in [0.29, 0.717) is 24.7 Å². The molecule has 0 bridgehead atoms. The molecule has 9 heteroatoms. The Labute approximate surface area is 141 Å². The molecule has 1 N–H and O–H groups in total. The molecule has 1 aromatic rings. The van der Waals surface area contributed by atoms with Gasteiger partial charge >= 0.3 is 5.97 Å². The van der Waals surface area contributed by atoms with Gasteiger partial charge in [-0.05, 0) is 35.5 Å². The average Bonchev–Trinajstić information content (AvgIpc) is 2.94. The maximum Gasteiger partial charge on any atom is 0.331 e. The summed E-state index contributed by atoms with van der Waals surface area (Å²) in [6.45, 7) is 1.04. The lowest BCUT2D eigenvalue weighted by Crippen LogP contribution is -2.19. The van der Waals surface area contributed by atoms with Gasteiger partial charge in [-0.25, -0.2) is 4.79 Å². The van der Waals surface area contributed by atoms with Crippen LogP contribution in [-0.2, 0) is 14.3 Å². The van der Waals surface area contributed by atoms with Crippen molar-refractivity contribution in [2.45, 2.75) is 0 Å². The van der Waals surface area contributed by atoms with Crippen LogP contribution in [0.1, 0.15) is 5.56 Å². The van der Waals surface area contributed by atoms with Crippen molar-refractivity contribution in [3.05, 3.63) is 34.7 Å². The van der Waals surface area contributed by atoms with E-state index in [-0.39, 0.29) is 10.1 Å². The second kappa shape index (κ2) is 7.18. The van der Waals surface area contributed by atoms with Crippen LogP contribution in [0.3, 0.4) is 0 Å². The number of nitrogens with one attached hydrogen (secondary N) is 1. The quantitative estimate of drug-likeness (QED) is 0.380. The first-order valence-electron chi connectivity index (χ1n) is 6.95. The zero-order chi connectivity index (χ0) is 16.9. The second-order valence-electron chi connectivity index (χ2n) is 4.64. The molecular weight excluding hydrogens is 334 g/mol. The third-order valence-electron chi connectivity index (χ3n) is 3.02. The molecule has 1 fully saturated rings. The van der Waals surface area contributed by atoms with Crippen LogP contribution >= 0.6 is 11.8 Å². The molecule has 0 unspecified atom stereocenters. The number of amidine groups is 1. The molecule has 2 aliphatic heterocycles. The van der Waals surface area contributed by atoms with Crippen molar-refractivity contribution in [2.75, 3.05) is 20.3 Å². The number of esters is 1. The maximum absolute atomic E-state index is 11.7. The number of hydrogen-bond donors (Lipinski definition) is 1. The summed E-state index contributed by atoms with van der Waals surface area (Å²) < 4.78 is 15.4. The van der Waals surface area contributed by atoms with Crippen LogP contribution in [0.5, 0.6) is 11.5 Å². The highest BCUT2D eigenvalue weighted by Gasteiger charge is 2.25. The van der Waals surface area contributed by atoms with Gasteiger partial charge in [-0.1, -0.05) is 0 Å². The van der Waals surface area contributed by atoms with Crippen molar-refractivity contribution < 1.29 is 23.8 Å². The lowest BCUT2D eigenvalue weighted by atomic mass is 10.2. The molecular formula is C15H13N3O5S. The molecule has 3 rings (SSSR count). The molecule has 1 amide bonds. The van der Waals surface area contributed by atoms with Crippen LogP contribution in [0.15, 0.2) is 39.4 Å². The highest BCUT2D eigenvalue weighted by molar-refractivity contribution is 8.18. The number of amides is 1. The summed E-state index contributed by atoms with van der Waals surface area (Å²) in [5, 5.41) is 10.6. The van der Waals surface area contributed by atoms with Crippen molar-refractivity contribution in [1.82, 2.24) is 5.32 Å². The molecule has 2 aliphatic rings. The number of hydrogen-bond acceptors (Lipinski definition) is 8. The number of fused-ring (bicyclic) bond motifs is 1. The van der Waals surface area contributed by atoms with E-state index in [1.165, 1.54) is 13.3 Å². The van der Waals surface area contributed by atoms with E-state index < -0.39 is 11.9 Å². The minimum Gasteiger partial charge on any atom is -0.486 e.